The number of esters is 1. The largest absolute Gasteiger partial charge is 0.478 e. The van der Waals surface area contributed by atoms with E-state index in [0.29, 0.717) is 12.2 Å². The van der Waals surface area contributed by atoms with Gasteiger partial charge in [-0.3, -0.25) is 0 Å². The van der Waals surface area contributed by atoms with Crippen LogP contribution in [0.4, 0.5) is 4.39 Å². The predicted molar refractivity (Wildman–Crippen MR) is 51.5 cm³/mol. The molecule has 1 aliphatic rings. The molecule has 15 heavy (non-hydrogen) atoms. The number of hydrogen-bond donors (Lipinski definition) is 0. The smallest absolute Gasteiger partial charge is 0.347 e. The summed E-state index contributed by atoms with van der Waals surface area (Å²) < 4.78 is 22.8. The Kier molecular flexibility index (Phi) is 2.52. The lowest BCUT2D eigenvalue weighted by molar-refractivity contribution is -0.147. The van der Waals surface area contributed by atoms with Gasteiger partial charge in [0, 0.05) is 18.1 Å². The minimum absolute atomic E-state index is 0.0304. The molecule has 0 N–H and O–H groups in total. The Bertz CT molecular complexity index is 388. The quantitative estimate of drug-likeness (QED) is 0.692. The first-order valence-electron chi connectivity index (χ1n) is 4.34. The molecule has 1 aliphatic heterocycles. The van der Waals surface area contributed by atoms with Crippen LogP contribution in [-0.4, -0.2) is 19.2 Å². The number of rotatable bonds is 1. The maximum Gasteiger partial charge on any atom is 0.347 e. The Morgan fingerprint density at radius 3 is 3.07 bits per heavy atom. The monoisotopic (exact) mass is 230 g/mol. The first kappa shape index (κ1) is 10.2. The van der Waals surface area contributed by atoms with Gasteiger partial charge >= 0.3 is 5.97 Å². The molecule has 0 fully saturated rings. The minimum atomic E-state index is -0.692. The predicted octanol–water partition coefficient (Wildman–Crippen LogP) is 1.96. The van der Waals surface area contributed by atoms with Crippen molar-refractivity contribution in [1.29, 1.82) is 0 Å². The van der Waals surface area contributed by atoms with Crippen molar-refractivity contribution in [2.24, 2.45) is 0 Å². The van der Waals surface area contributed by atoms with E-state index in [1.54, 1.807) is 0 Å². The third-order valence-electron chi connectivity index (χ3n) is 2.24. The summed E-state index contributed by atoms with van der Waals surface area (Å²) in [6.45, 7) is 0. The molecule has 1 heterocycles. The van der Waals surface area contributed by atoms with E-state index in [1.807, 2.05) is 0 Å². The van der Waals surface area contributed by atoms with Gasteiger partial charge in [0.1, 0.15) is 11.6 Å². The van der Waals surface area contributed by atoms with Gasteiger partial charge in [-0.2, -0.15) is 0 Å². The molecule has 0 bridgehead atoms. The summed E-state index contributed by atoms with van der Waals surface area (Å²) in [6, 6.07) is 2.65. The van der Waals surface area contributed by atoms with Gasteiger partial charge < -0.3 is 9.47 Å². The van der Waals surface area contributed by atoms with Crippen molar-refractivity contribution in [3.8, 4) is 5.75 Å². The maximum absolute atomic E-state index is 13.1. The summed E-state index contributed by atoms with van der Waals surface area (Å²) in [7, 11) is 1.28. The molecule has 0 amide bonds. The Balaban J connectivity index is 2.27. The first-order chi connectivity index (χ1) is 7.11. The van der Waals surface area contributed by atoms with Crippen molar-refractivity contribution < 1.29 is 18.7 Å². The van der Waals surface area contributed by atoms with Crippen LogP contribution in [0.15, 0.2) is 12.1 Å². The van der Waals surface area contributed by atoms with Gasteiger partial charge in [0.25, 0.3) is 0 Å². The average Bonchev–Trinajstić information content (AvgIpc) is 2.60. The first-order valence-corrected chi connectivity index (χ1v) is 4.72. The van der Waals surface area contributed by atoms with E-state index in [2.05, 4.69) is 4.74 Å². The molecule has 1 aromatic rings. The van der Waals surface area contributed by atoms with Crippen molar-refractivity contribution in [3.63, 3.8) is 0 Å². The van der Waals surface area contributed by atoms with E-state index in [0.717, 1.165) is 5.56 Å². The number of carbonyl (C=O) groups is 1. The lowest BCUT2D eigenvalue weighted by Crippen LogP contribution is -2.26. The Hall–Kier alpha value is -1.29. The van der Waals surface area contributed by atoms with Gasteiger partial charge in [-0.05, 0) is 6.07 Å². The van der Waals surface area contributed by atoms with E-state index in [4.69, 9.17) is 16.3 Å². The van der Waals surface area contributed by atoms with Crippen molar-refractivity contribution in [2.45, 2.75) is 12.5 Å². The van der Waals surface area contributed by atoms with E-state index in [9.17, 15) is 9.18 Å². The van der Waals surface area contributed by atoms with Crippen molar-refractivity contribution in [3.05, 3.63) is 28.5 Å². The van der Waals surface area contributed by atoms with Crippen molar-refractivity contribution in [2.75, 3.05) is 7.11 Å². The van der Waals surface area contributed by atoms with Crippen molar-refractivity contribution in [1.82, 2.24) is 0 Å². The van der Waals surface area contributed by atoms with Crippen LogP contribution < -0.4 is 4.74 Å². The van der Waals surface area contributed by atoms with Gasteiger partial charge in [-0.25, -0.2) is 9.18 Å². The molecule has 80 valence electrons. The fraction of sp³-hybridized carbons (Fsp3) is 0.300. The number of benzene rings is 1. The molecule has 1 aromatic carbocycles. The maximum atomic E-state index is 13.1. The lowest BCUT2D eigenvalue weighted by atomic mass is 10.1. The highest BCUT2D eigenvalue weighted by Crippen LogP contribution is 2.33. The highest BCUT2D eigenvalue weighted by molar-refractivity contribution is 6.30. The van der Waals surface area contributed by atoms with Crippen LogP contribution in [-0.2, 0) is 16.0 Å². The van der Waals surface area contributed by atoms with Crippen LogP contribution in [0.3, 0.4) is 0 Å². The molecule has 0 radical (unpaired) electrons. The fourth-order valence-corrected chi connectivity index (χ4v) is 1.68. The number of fused-ring (bicyclic) bond motifs is 1. The third-order valence-corrected chi connectivity index (χ3v) is 2.53. The molecule has 1 unspecified atom stereocenters. The highest BCUT2D eigenvalue weighted by atomic mass is 35.5. The summed E-state index contributed by atoms with van der Waals surface area (Å²) in [6.07, 6.45) is -0.329. The van der Waals surface area contributed by atoms with Crippen LogP contribution in [0.25, 0.3) is 0 Å². The van der Waals surface area contributed by atoms with E-state index >= 15 is 0 Å². The van der Waals surface area contributed by atoms with Gasteiger partial charge in [0.05, 0.1) is 12.1 Å². The molecule has 0 saturated carbocycles. The van der Waals surface area contributed by atoms with Crippen molar-refractivity contribution >= 4 is 17.6 Å². The number of methoxy groups -OCH3 is 1. The molecule has 0 aromatic heterocycles. The Morgan fingerprint density at radius 1 is 1.67 bits per heavy atom. The fourth-order valence-electron chi connectivity index (χ4n) is 1.50. The minimum Gasteiger partial charge on any atom is -0.478 e. The van der Waals surface area contributed by atoms with Crippen LogP contribution in [0.1, 0.15) is 5.56 Å². The summed E-state index contributed by atoms with van der Waals surface area (Å²) in [4.78, 5) is 11.2. The summed E-state index contributed by atoms with van der Waals surface area (Å²) in [5.74, 6) is -0.670. The summed E-state index contributed by atoms with van der Waals surface area (Å²) in [5, 5.41) is 0.0304. The second-order valence-electron chi connectivity index (χ2n) is 3.21. The molecule has 3 nitrogen and oxygen atoms in total. The molecule has 0 aliphatic carbocycles. The summed E-state index contributed by atoms with van der Waals surface area (Å²) in [5.41, 5.74) is 0.719. The van der Waals surface area contributed by atoms with Crippen LogP contribution in [0.5, 0.6) is 5.75 Å². The van der Waals surface area contributed by atoms with Crippen LogP contribution in [0.2, 0.25) is 5.02 Å². The van der Waals surface area contributed by atoms with Gasteiger partial charge in [0.2, 0.25) is 0 Å². The zero-order valence-corrected chi connectivity index (χ0v) is 8.68. The second-order valence-corrected chi connectivity index (χ2v) is 3.62. The Labute approximate surface area is 90.7 Å². The highest BCUT2D eigenvalue weighted by Gasteiger charge is 2.30. The molecule has 0 spiro atoms. The number of halogens is 2. The zero-order chi connectivity index (χ0) is 11.0. The third kappa shape index (κ3) is 1.77. The van der Waals surface area contributed by atoms with E-state index < -0.39 is 17.9 Å². The standard InChI is InChI=1S/C10H8ClFO3/c1-14-10(13)9-3-5-2-6(11)7(12)4-8(5)15-9/h2,4,9H,3H2,1H3. The molecule has 2 rings (SSSR count). The zero-order valence-electron chi connectivity index (χ0n) is 7.92. The SMILES string of the molecule is COC(=O)C1Cc2cc(Cl)c(F)cc2O1. The molecular formula is C10H8ClFO3. The van der Waals surface area contributed by atoms with E-state index in [1.165, 1.54) is 19.2 Å². The lowest BCUT2D eigenvalue weighted by Gasteiger charge is -2.06. The van der Waals surface area contributed by atoms with E-state index in [-0.39, 0.29) is 5.02 Å². The number of carbonyl (C=O) groups excluding carboxylic acids is 1. The number of ether oxygens (including phenoxy) is 2. The topological polar surface area (TPSA) is 35.5 Å². The van der Waals surface area contributed by atoms with Crippen LogP contribution in [0, 0.1) is 5.82 Å². The second kappa shape index (κ2) is 3.70. The Morgan fingerprint density at radius 2 is 2.40 bits per heavy atom. The molecular weight excluding hydrogens is 223 g/mol. The van der Waals surface area contributed by atoms with Gasteiger partial charge in [-0.1, -0.05) is 11.6 Å². The molecule has 5 heteroatoms. The van der Waals surface area contributed by atoms with Crippen LogP contribution >= 0.6 is 11.6 Å². The van der Waals surface area contributed by atoms with Gasteiger partial charge in [-0.15, -0.1) is 0 Å². The molecule has 1 atom stereocenters. The molecule has 0 saturated heterocycles. The average molecular weight is 231 g/mol. The summed E-state index contributed by atoms with van der Waals surface area (Å²) >= 11 is 5.61. The van der Waals surface area contributed by atoms with Gasteiger partial charge in [0.15, 0.2) is 6.10 Å². The number of hydrogen-bond acceptors (Lipinski definition) is 3. The normalized spacial score (nSPS) is 18.2.